The number of aryl methyl sites for hydroxylation is 1. The smallest absolute Gasteiger partial charge is 0.343 e. The van der Waals surface area contributed by atoms with E-state index in [1.807, 2.05) is 18.2 Å². The Balaban J connectivity index is 2.05. The molecule has 0 aromatic heterocycles. The number of hydrogen-bond donors (Lipinski definition) is 1. The Morgan fingerprint density at radius 3 is 3.12 bits per heavy atom. The molecule has 0 fully saturated rings. The summed E-state index contributed by atoms with van der Waals surface area (Å²) in [6.07, 6.45) is 1.96. The maximum absolute atomic E-state index is 10.9. The molecule has 0 unspecified atom stereocenters. The number of carbonyl (C=O) groups excluding carboxylic acids is 1. The van der Waals surface area contributed by atoms with E-state index in [0.29, 0.717) is 5.75 Å². The number of hydrogen-bond acceptors (Lipinski definition) is 4. The van der Waals surface area contributed by atoms with Crippen LogP contribution in [0.25, 0.3) is 0 Å². The Hall–Kier alpha value is -1.55. The van der Waals surface area contributed by atoms with Gasteiger partial charge in [-0.15, -0.1) is 0 Å². The molecule has 86 valence electrons. The highest BCUT2D eigenvalue weighted by atomic mass is 16.6. The fraction of sp³-hybridized carbons (Fsp3) is 0.417. The van der Waals surface area contributed by atoms with Crippen LogP contribution in [-0.2, 0) is 16.0 Å². The van der Waals surface area contributed by atoms with Gasteiger partial charge in [0.1, 0.15) is 5.75 Å². The topological polar surface area (TPSA) is 61.5 Å². The normalized spacial score (nSPS) is 18.0. The number of rotatable bonds is 3. The second kappa shape index (κ2) is 4.53. The van der Waals surface area contributed by atoms with E-state index in [0.717, 1.165) is 12.8 Å². The minimum atomic E-state index is -0.378. The molecule has 0 aliphatic heterocycles. The molecular formula is C12H15NO3. The van der Waals surface area contributed by atoms with Crippen molar-refractivity contribution in [2.24, 2.45) is 5.73 Å². The average molecular weight is 221 g/mol. The van der Waals surface area contributed by atoms with Gasteiger partial charge in [0.05, 0.1) is 7.11 Å². The maximum atomic E-state index is 10.9. The lowest BCUT2D eigenvalue weighted by atomic mass is 10.1. The van der Waals surface area contributed by atoms with Crippen LogP contribution in [0.15, 0.2) is 18.2 Å². The molecule has 1 aliphatic carbocycles. The van der Waals surface area contributed by atoms with Gasteiger partial charge in [0.25, 0.3) is 0 Å². The van der Waals surface area contributed by atoms with E-state index in [2.05, 4.69) is 4.74 Å². The maximum Gasteiger partial charge on any atom is 0.343 e. The summed E-state index contributed by atoms with van der Waals surface area (Å²) in [5.74, 6) is 0.315. The predicted octanol–water partition coefficient (Wildman–Crippen LogP) is 1.18. The summed E-state index contributed by atoms with van der Waals surface area (Å²) in [6.45, 7) is -0.0542. The molecule has 1 aliphatic rings. The zero-order valence-corrected chi connectivity index (χ0v) is 9.23. The quantitative estimate of drug-likeness (QED) is 0.779. The first-order valence-corrected chi connectivity index (χ1v) is 5.28. The molecular weight excluding hydrogens is 206 g/mol. The van der Waals surface area contributed by atoms with Crippen molar-refractivity contribution in [2.75, 3.05) is 13.7 Å². The van der Waals surface area contributed by atoms with E-state index in [1.165, 1.54) is 18.2 Å². The molecule has 0 saturated carbocycles. The summed E-state index contributed by atoms with van der Waals surface area (Å²) in [5, 5.41) is 0. The molecule has 1 aromatic rings. The van der Waals surface area contributed by atoms with Crippen LogP contribution in [0.4, 0.5) is 0 Å². The lowest BCUT2D eigenvalue weighted by molar-refractivity contribution is -0.142. The van der Waals surface area contributed by atoms with Crippen LogP contribution < -0.4 is 10.5 Å². The first-order valence-electron chi connectivity index (χ1n) is 5.28. The zero-order valence-electron chi connectivity index (χ0n) is 9.23. The highest BCUT2D eigenvalue weighted by molar-refractivity contribution is 5.70. The molecule has 2 N–H and O–H groups in total. The van der Waals surface area contributed by atoms with Crippen LogP contribution in [0.3, 0.4) is 0 Å². The van der Waals surface area contributed by atoms with Gasteiger partial charge in [0.15, 0.2) is 6.61 Å². The number of ether oxygens (including phenoxy) is 2. The number of nitrogens with two attached hydrogens (primary N) is 1. The SMILES string of the molecule is COC(=O)COc1ccc2c(c1)CC[C@@H]2N. The number of esters is 1. The lowest BCUT2D eigenvalue weighted by Gasteiger charge is -2.08. The summed E-state index contributed by atoms with van der Waals surface area (Å²) in [4.78, 5) is 10.9. The van der Waals surface area contributed by atoms with E-state index < -0.39 is 0 Å². The molecule has 4 heteroatoms. The Labute approximate surface area is 94.3 Å². The van der Waals surface area contributed by atoms with Gasteiger partial charge in [-0.2, -0.15) is 0 Å². The van der Waals surface area contributed by atoms with Crippen molar-refractivity contribution in [3.05, 3.63) is 29.3 Å². The van der Waals surface area contributed by atoms with Crippen LogP contribution in [0.5, 0.6) is 5.75 Å². The fourth-order valence-corrected chi connectivity index (χ4v) is 1.92. The van der Waals surface area contributed by atoms with E-state index in [9.17, 15) is 4.79 Å². The minimum absolute atomic E-state index is 0.0542. The molecule has 0 amide bonds. The third-order valence-corrected chi connectivity index (χ3v) is 2.82. The van der Waals surface area contributed by atoms with E-state index >= 15 is 0 Å². The molecule has 0 radical (unpaired) electrons. The lowest BCUT2D eigenvalue weighted by Crippen LogP contribution is -2.12. The number of fused-ring (bicyclic) bond motifs is 1. The fourth-order valence-electron chi connectivity index (χ4n) is 1.92. The van der Waals surface area contributed by atoms with Gasteiger partial charge in [-0.25, -0.2) is 4.79 Å². The van der Waals surface area contributed by atoms with Gasteiger partial charge < -0.3 is 15.2 Å². The van der Waals surface area contributed by atoms with Crippen molar-refractivity contribution < 1.29 is 14.3 Å². The number of carbonyl (C=O) groups is 1. The van der Waals surface area contributed by atoms with Crippen LogP contribution in [0.2, 0.25) is 0 Å². The average Bonchev–Trinajstić information content (AvgIpc) is 2.67. The summed E-state index contributed by atoms with van der Waals surface area (Å²) < 4.78 is 9.80. The van der Waals surface area contributed by atoms with Crippen molar-refractivity contribution in [3.8, 4) is 5.75 Å². The first kappa shape index (κ1) is 11.0. The van der Waals surface area contributed by atoms with Crippen molar-refractivity contribution in [3.63, 3.8) is 0 Å². The Morgan fingerprint density at radius 1 is 1.56 bits per heavy atom. The van der Waals surface area contributed by atoms with Crippen molar-refractivity contribution in [2.45, 2.75) is 18.9 Å². The Kier molecular flexibility index (Phi) is 3.10. The third kappa shape index (κ3) is 2.17. The monoisotopic (exact) mass is 221 g/mol. The minimum Gasteiger partial charge on any atom is -0.482 e. The van der Waals surface area contributed by atoms with Crippen LogP contribution in [-0.4, -0.2) is 19.7 Å². The highest BCUT2D eigenvalue weighted by Gasteiger charge is 2.19. The molecule has 1 atom stereocenters. The van der Waals surface area contributed by atoms with Gasteiger partial charge in [-0.1, -0.05) is 6.07 Å². The molecule has 4 nitrogen and oxygen atoms in total. The van der Waals surface area contributed by atoms with Gasteiger partial charge in [0.2, 0.25) is 0 Å². The van der Waals surface area contributed by atoms with Crippen LogP contribution >= 0.6 is 0 Å². The second-order valence-electron chi connectivity index (χ2n) is 3.87. The third-order valence-electron chi connectivity index (χ3n) is 2.82. The molecule has 0 bridgehead atoms. The van der Waals surface area contributed by atoms with Gasteiger partial charge in [-0.05, 0) is 36.1 Å². The second-order valence-corrected chi connectivity index (χ2v) is 3.87. The number of benzene rings is 1. The van der Waals surface area contributed by atoms with E-state index in [-0.39, 0.29) is 18.6 Å². The molecule has 16 heavy (non-hydrogen) atoms. The molecule has 2 rings (SSSR count). The van der Waals surface area contributed by atoms with Gasteiger partial charge in [0, 0.05) is 6.04 Å². The summed E-state index contributed by atoms with van der Waals surface area (Å²) in [7, 11) is 1.34. The predicted molar refractivity (Wildman–Crippen MR) is 59.2 cm³/mol. The Bertz CT molecular complexity index is 403. The molecule has 0 spiro atoms. The Morgan fingerprint density at radius 2 is 2.38 bits per heavy atom. The van der Waals surface area contributed by atoms with E-state index in [1.54, 1.807) is 0 Å². The standard InChI is InChI=1S/C12H15NO3/c1-15-12(14)7-16-9-3-4-10-8(6-9)2-5-11(10)13/h3-4,6,11H,2,5,7,13H2,1H3/t11-/m0/s1. The van der Waals surface area contributed by atoms with Gasteiger partial charge in [-0.3, -0.25) is 0 Å². The van der Waals surface area contributed by atoms with Crippen molar-refractivity contribution >= 4 is 5.97 Å². The van der Waals surface area contributed by atoms with Crippen molar-refractivity contribution in [1.29, 1.82) is 0 Å². The first-order chi connectivity index (χ1) is 7.70. The summed E-state index contributed by atoms with van der Waals surface area (Å²) in [5.41, 5.74) is 8.33. The molecule has 0 saturated heterocycles. The van der Waals surface area contributed by atoms with Crippen molar-refractivity contribution in [1.82, 2.24) is 0 Å². The zero-order chi connectivity index (χ0) is 11.5. The highest BCUT2D eigenvalue weighted by Crippen LogP contribution is 2.31. The summed E-state index contributed by atoms with van der Waals surface area (Å²) in [6, 6.07) is 5.90. The number of methoxy groups -OCH3 is 1. The largest absolute Gasteiger partial charge is 0.482 e. The summed E-state index contributed by atoms with van der Waals surface area (Å²) >= 11 is 0. The molecule has 1 aromatic carbocycles. The van der Waals surface area contributed by atoms with Crippen LogP contribution in [0, 0.1) is 0 Å². The molecule has 0 heterocycles. The van der Waals surface area contributed by atoms with E-state index in [4.69, 9.17) is 10.5 Å². The van der Waals surface area contributed by atoms with Gasteiger partial charge >= 0.3 is 5.97 Å². The van der Waals surface area contributed by atoms with Crippen LogP contribution in [0.1, 0.15) is 23.6 Å².